The van der Waals surface area contributed by atoms with Gasteiger partial charge in [-0.25, -0.2) is 4.98 Å². The molecule has 0 radical (unpaired) electrons. The van der Waals surface area contributed by atoms with Gasteiger partial charge in [0.15, 0.2) is 5.58 Å². The van der Waals surface area contributed by atoms with Gasteiger partial charge in [-0.2, -0.15) is 0 Å². The Morgan fingerprint density at radius 3 is 1.89 bits per heavy atom. The van der Waals surface area contributed by atoms with Crippen molar-refractivity contribution in [3.8, 4) is 23.0 Å². The second-order valence-electron chi connectivity index (χ2n) is 12.9. The highest BCUT2D eigenvalue weighted by Crippen LogP contribution is 2.28. The summed E-state index contributed by atoms with van der Waals surface area (Å²) in [7, 11) is 8.37. The molecule has 0 aliphatic rings. The molecule has 2 atom stereocenters. The van der Waals surface area contributed by atoms with Crippen LogP contribution in [0.15, 0.2) is 46.9 Å². The number of likely N-dealkylation sites (N-methyl/N-ethyl adjacent to an activating group) is 3. The van der Waals surface area contributed by atoms with Gasteiger partial charge in [0, 0.05) is 51.0 Å². The normalized spacial score (nSPS) is 13.3. The van der Waals surface area contributed by atoms with Crippen LogP contribution in [0.1, 0.15) is 46.5 Å². The third-order valence-corrected chi connectivity index (χ3v) is 8.62. The summed E-state index contributed by atoms with van der Waals surface area (Å²) >= 11 is 0. The monoisotopic (exact) mass is 640 g/mol. The zero-order valence-electron chi connectivity index (χ0n) is 29.6. The van der Waals surface area contributed by atoms with E-state index in [1.807, 2.05) is 42.5 Å². The van der Waals surface area contributed by atoms with Gasteiger partial charge in [0.1, 0.15) is 17.0 Å². The highest BCUT2D eigenvalue weighted by molar-refractivity contribution is 5.77. The molecular weight excluding hydrogens is 580 g/mol. The summed E-state index contributed by atoms with van der Waals surface area (Å²) in [6, 6.07) is 13.8. The summed E-state index contributed by atoms with van der Waals surface area (Å²) in [5, 5.41) is 0. The Labute approximate surface area is 278 Å². The number of hydrogen-bond acceptors (Lipinski definition) is 9. The van der Waals surface area contributed by atoms with Crippen LogP contribution in [0.5, 0.6) is 11.5 Å². The Bertz CT molecular complexity index is 1220. The van der Waals surface area contributed by atoms with Crippen LogP contribution < -0.4 is 9.47 Å². The van der Waals surface area contributed by atoms with Crippen LogP contribution in [0.4, 0.5) is 0 Å². The molecule has 9 heteroatoms. The summed E-state index contributed by atoms with van der Waals surface area (Å²) < 4.78 is 29.6. The van der Waals surface area contributed by atoms with Gasteiger partial charge in [-0.15, -0.1) is 0 Å². The lowest BCUT2D eigenvalue weighted by atomic mass is 9.91. The molecule has 1 aromatic heterocycles. The van der Waals surface area contributed by atoms with Crippen molar-refractivity contribution >= 4 is 11.1 Å². The number of hydrogen-bond donors (Lipinski definition) is 0. The van der Waals surface area contributed by atoms with Crippen molar-refractivity contribution in [3.63, 3.8) is 0 Å². The Kier molecular flexibility index (Phi) is 17.4. The van der Waals surface area contributed by atoms with E-state index in [1.54, 1.807) is 0 Å². The van der Waals surface area contributed by atoms with E-state index in [0.29, 0.717) is 19.1 Å². The molecule has 0 spiro atoms. The largest absolute Gasteiger partial charge is 0.494 e. The molecule has 0 bridgehead atoms. The molecule has 2 unspecified atom stereocenters. The van der Waals surface area contributed by atoms with E-state index < -0.39 is 0 Å². The van der Waals surface area contributed by atoms with Crippen molar-refractivity contribution in [3.05, 3.63) is 42.5 Å². The maximum Gasteiger partial charge on any atom is 0.227 e. The van der Waals surface area contributed by atoms with Gasteiger partial charge in [0.2, 0.25) is 5.89 Å². The van der Waals surface area contributed by atoms with E-state index in [-0.39, 0.29) is 0 Å². The molecule has 0 fully saturated rings. The number of aromatic nitrogens is 1. The van der Waals surface area contributed by atoms with Crippen molar-refractivity contribution in [2.75, 3.05) is 101 Å². The second-order valence-corrected chi connectivity index (χ2v) is 12.9. The predicted octanol–water partition coefficient (Wildman–Crippen LogP) is 6.56. The smallest absolute Gasteiger partial charge is 0.227 e. The first-order valence-corrected chi connectivity index (χ1v) is 17.2. The number of oxazole rings is 1. The van der Waals surface area contributed by atoms with Gasteiger partial charge in [0.25, 0.3) is 0 Å². The third kappa shape index (κ3) is 14.4. The summed E-state index contributed by atoms with van der Waals surface area (Å²) in [4.78, 5) is 11.4. The standard InChI is InChI=1S/C37H60N4O5/c1-8-30(2)31(3)17-25-42-27-21-40(6)18-9-23-44-33-13-11-32(12-14-33)37-38-35-16-15-34(29-36(35)46-37)45-24-10-19-41(7)22-28-43-26-20-39(4)5/h11-16,29-31H,8-10,17-28H2,1-7H3. The number of nitrogens with zero attached hydrogens (tertiary/aromatic N) is 4. The molecule has 0 aliphatic carbocycles. The fraction of sp³-hybridized carbons (Fsp3) is 0.649. The van der Waals surface area contributed by atoms with Gasteiger partial charge in [0.05, 0.1) is 33.0 Å². The van der Waals surface area contributed by atoms with Crippen LogP contribution in [0.25, 0.3) is 22.6 Å². The molecule has 1 heterocycles. The zero-order chi connectivity index (χ0) is 33.1. The molecule has 3 aromatic rings. The lowest BCUT2D eigenvalue weighted by Gasteiger charge is -2.19. The van der Waals surface area contributed by atoms with Crippen LogP contribution in [0, 0.1) is 11.8 Å². The fourth-order valence-electron chi connectivity index (χ4n) is 4.93. The molecule has 0 amide bonds. The fourth-order valence-corrected chi connectivity index (χ4v) is 4.93. The SMILES string of the molecule is CCC(C)C(C)CCOCCN(C)CCCOc1ccc(-c2nc3ccc(OCCCN(C)CCOCCN(C)C)cc3o2)cc1. The summed E-state index contributed by atoms with van der Waals surface area (Å²) in [6.07, 6.45) is 4.27. The van der Waals surface area contributed by atoms with Crippen molar-refractivity contribution < 1.29 is 23.4 Å². The average molecular weight is 641 g/mol. The van der Waals surface area contributed by atoms with Crippen molar-refractivity contribution in [2.24, 2.45) is 11.8 Å². The minimum Gasteiger partial charge on any atom is -0.494 e. The molecule has 2 aromatic carbocycles. The van der Waals surface area contributed by atoms with Gasteiger partial charge in [-0.3, -0.25) is 0 Å². The molecule has 0 N–H and O–H groups in total. The lowest BCUT2D eigenvalue weighted by Crippen LogP contribution is -2.26. The summed E-state index contributed by atoms with van der Waals surface area (Å²) in [5.74, 6) is 3.71. The van der Waals surface area contributed by atoms with Gasteiger partial charge >= 0.3 is 0 Å². The lowest BCUT2D eigenvalue weighted by molar-refractivity contribution is 0.0946. The maximum atomic E-state index is 6.08. The van der Waals surface area contributed by atoms with Crippen LogP contribution in [0.3, 0.4) is 0 Å². The zero-order valence-corrected chi connectivity index (χ0v) is 29.6. The van der Waals surface area contributed by atoms with Crippen molar-refractivity contribution in [1.82, 2.24) is 19.7 Å². The average Bonchev–Trinajstić information content (AvgIpc) is 3.48. The molecule has 9 nitrogen and oxygen atoms in total. The summed E-state index contributed by atoms with van der Waals surface area (Å²) in [5.41, 5.74) is 2.44. The Hall–Kier alpha value is -2.69. The van der Waals surface area contributed by atoms with Crippen LogP contribution >= 0.6 is 0 Å². The number of rotatable bonds is 25. The minimum atomic E-state index is 0.589. The van der Waals surface area contributed by atoms with E-state index in [9.17, 15) is 0 Å². The molecule has 258 valence electrons. The van der Waals surface area contributed by atoms with Crippen molar-refractivity contribution in [1.29, 1.82) is 0 Å². The minimum absolute atomic E-state index is 0.589. The number of fused-ring (bicyclic) bond motifs is 1. The summed E-state index contributed by atoms with van der Waals surface area (Å²) in [6.45, 7) is 16.1. The van der Waals surface area contributed by atoms with E-state index in [2.05, 4.69) is 68.6 Å². The van der Waals surface area contributed by atoms with E-state index in [1.165, 1.54) is 6.42 Å². The molecular formula is C37H60N4O5. The maximum absolute atomic E-state index is 6.08. The van der Waals surface area contributed by atoms with Crippen LogP contribution in [0.2, 0.25) is 0 Å². The van der Waals surface area contributed by atoms with Crippen LogP contribution in [-0.2, 0) is 9.47 Å². The van der Waals surface area contributed by atoms with Crippen LogP contribution in [-0.4, -0.2) is 120 Å². The van der Waals surface area contributed by atoms with Crippen molar-refractivity contribution in [2.45, 2.75) is 46.5 Å². The predicted molar refractivity (Wildman–Crippen MR) is 188 cm³/mol. The van der Waals surface area contributed by atoms with Gasteiger partial charge < -0.3 is 38.1 Å². The molecule has 0 aliphatic heterocycles. The quantitative estimate of drug-likeness (QED) is 0.0958. The number of benzene rings is 2. The van der Waals surface area contributed by atoms with E-state index in [4.69, 9.17) is 23.4 Å². The Morgan fingerprint density at radius 2 is 1.26 bits per heavy atom. The first-order chi connectivity index (χ1) is 22.2. The second kappa shape index (κ2) is 21.2. The Morgan fingerprint density at radius 1 is 0.674 bits per heavy atom. The number of ether oxygens (including phenoxy) is 4. The Balaban J connectivity index is 1.31. The van der Waals surface area contributed by atoms with E-state index >= 15 is 0 Å². The topological polar surface area (TPSA) is 72.7 Å². The van der Waals surface area contributed by atoms with E-state index in [0.717, 1.165) is 118 Å². The molecule has 0 saturated carbocycles. The third-order valence-electron chi connectivity index (χ3n) is 8.62. The molecule has 0 saturated heterocycles. The highest BCUT2D eigenvalue weighted by atomic mass is 16.5. The first-order valence-electron chi connectivity index (χ1n) is 17.2. The highest BCUT2D eigenvalue weighted by Gasteiger charge is 2.11. The van der Waals surface area contributed by atoms with Gasteiger partial charge in [-0.1, -0.05) is 27.2 Å². The molecule has 3 rings (SSSR count). The first kappa shape index (κ1) is 37.8. The molecule has 46 heavy (non-hydrogen) atoms. The van der Waals surface area contributed by atoms with Gasteiger partial charge in [-0.05, 0) is 95.7 Å².